The molecule has 0 spiro atoms. The second kappa shape index (κ2) is 4.12. The molecule has 4 rings (SSSR count). The van der Waals surface area contributed by atoms with Crippen molar-refractivity contribution < 1.29 is 9.84 Å². The number of phenols is 1. The molecule has 0 aromatic heterocycles. The molecule has 4 unspecified atom stereocenters. The molecule has 1 aromatic carbocycles. The van der Waals surface area contributed by atoms with Crippen LogP contribution >= 0.6 is 0 Å². The summed E-state index contributed by atoms with van der Waals surface area (Å²) in [6.45, 7) is 6.53. The summed E-state index contributed by atoms with van der Waals surface area (Å²) in [6.07, 6.45) is 0. The van der Waals surface area contributed by atoms with E-state index in [0.717, 1.165) is 43.8 Å². The van der Waals surface area contributed by atoms with Gasteiger partial charge in [0.15, 0.2) is 0 Å². The van der Waals surface area contributed by atoms with Crippen molar-refractivity contribution >= 4 is 0 Å². The molecule has 0 bridgehead atoms. The zero-order chi connectivity index (χ0) is 13.0. The van der Waals surface area contributed by atoms with E-state index in [1.54, 1.807) is 12.1 Å². The average molecular weight is 260 g/mol. The van der Waals surface area contributed by atoms with Gasteiger partial charge in [0.1, 0.15) is 18.1 Å². The number of rotatable bonds is 1. The number of likely N-dealkylation sites (tertiary alicyclic amines) is 1. The Bertz CT molecular complexity index is 505. The monoisotopic (exact) mass is 260 g/mol. The van der Waals surface area contributed by atoms with Crippen LogP contribution in [0.2, 0.25) is 0 Å². The van der Waals surface area contributed by atoms with Crippen LogP contribution in [0.3, 0.4) is 0 Å². The lowest BCUT2D eigenvalue weighted by Gasteiger charge is -2.29. The molecule has 2 saturated heterocycles. The van der Waals surface area contributed by atoms with Gasteiger partial charge in [-0.1, -0.05) is 0 Å². The fraction of sp³-hybridized carbons (Fsp3) is 0.600. The van der Waals surface area contributed by atoms with Crippen molar-refractivity contribution in [1.82, 2.24) is 10.2 Å². The van der Waals surface area contributed by atoms with Crippen molar-refractivity contribution in [3.63, 3.8) is 0 Å². The van der Waals surface area contributed by atoms with Gasteiger partial charge in [0.05, 0.1) is 6.04 Å². The molecule has 3 aliphatic rings. The number of nitrogens with one attached hydrogen (secondary N) is 1. The van der Waals surface area contributed by atoms with E-state index in [-0.39, 0.29) is 5.75 Å². The highest BCUT2D eigenvalue weighted by molar-refractivity contribution is 5.44. The summed E-state index contributed by atoms with van der Waals surface area (Å²) in [5, 5.41) is 13.0. The number of aromatic hydroxyl groups is 1. The Morgan fingerprint density at radius 2 is 2.26 bits per heavy atom. The molecule has 2 fully saturated rings. The molecular weight excluding hydrogens is 240 g/mol. The van der Waals surface area contributed by atoms with Gasteiger partial charge in [0, 0.05) is 24.2 Å². The third-order valence-electron chi connectivity index (χ3n) is 5.13. The topological polar surface area (TPSA) is 44.7 Å². The van der Waals surface area contributed by atoms with Gasteiger partial charge >= 0.3 is 0 Å². The molecule has 4 heteroatoms. The molecule has 0 saturated carbocycles. The first-order chi connectivity index (χ1) is 9.24. The summed E-state index contributed by atoms with van der Waals surface area (Å²) >= 11 is 0. The van der Waals surface area contributed by atoms with Gasteiger partial charge in [-0.2, -0.15) is 0 Å². The minimum absolute atomic E-state index is 0.287. The highest BCUT2D eigenvalue weighted by Gasteiger charge is 2.46. The van der Waals surface area contributed by atoms with Crippen molar-refractivity contribution in [1.29, 1.82) is 0 Å². The number of ether oxygens (including phenoxy) is 1. The zero-order valence-electron chi connectivity index (χ0n) is 11.2. The van der Waals surface area contributed by atoms with Crippen LogP contribution in [0, 0.1) is 11.8 Å². The van der Waals surface area contributed by atoms with Gasteiger partial charge in [0.25, 0.3) is 0 Å². The van der Waals surface area contributed by atoms with Crippen LogP contribution in [0.1, 0.15) is 18.5 Å². The molecule has 4 nitrogen and oxygen atoms in total. The smallest absolute Gasteiger partial charge is 0.127 e. The highest BCUT2D eigenvalue weighted by atomic mass is 16.5. The molecule has 102 valence electrons. The van der Waals surface area contributed by atoms with E-state index in [4.69, 9.17) is 4.74 Å². The molecule has 0 radical (unpaired) electrons. The Balaban J connectivity index is 1.62. The van der Waals surface area contributed by atoms with Crippen molar-refractivity contribution in [2.75, 3.05) is 26.2 Å². The van der Waals surface area contributed by atoms with Crippen molar-refractivity contribution in [3.05, 3.63) is 23.8 Å². The Hall–Kier alpha value is -1.26. The van der Waals surface area contributed by atoms with Crippen molar-refractivity contribution in [3.8, 4) is 11.5 Å². The molecule has 0 amide bonds. The molecule has 3 heterocycles. The lowest BCUT2D eigenvalue weighted by molar-refractivity contribution is 0.142. The quantitative estimate of drug-likeness (QED) is 0.800. The lowest BCUT2D eigenvalue weighted by atomic mass is 9.95. The van der Waals surface area contributed by atoms with Crippen molar-refractivity contribution in [2.24, 2.45) is 11.8 Å². The number of nitrogens with zero attached hydrogens (tertiary/aromatic N) is 1. The van der Waals surface area contributed by atoms with Crippen LogP contribution in [-0.2, 0) is 0 Å². The highest BCUT2D eigenvalue weighted by Crippen LogP contribution is 2.44. The van der Waals surface area contributed by atoms with E-state index in [2.05, 4.69) is 17.1 Å². The number of hydrogen-bond acceptors (Lipinski definition) is 4. The Labute approximate surface area is 113 Å². The van der Waals surface area contributed by atoms with Gasteiger partial charge in [-0.15, -0.1) is 0 Å². The predicted octanol–water partition coefficient (Wildman–Crippen LogP) is 1.37. The largest absolute Gasteiger partial charge is 0.508 e. The zero-order valence-corrected chi connectivity index (χ0v) is 11.2. The van der Waals surface area contributed by atoms with E-state index >= 15 is 0 Å². The summed E-state index contributed by atoms with van der Waals surface area (Å²) in [5.74, 6) is 2.71. The molecule has 3 aliphatic heterocycles. The van der Waals surface area contributed by atoms with Crippen LogP contribution < -0.4 is 10.1 Å². The van der Waals surface area contributed by atoms with E-state index in [0.29, 0.717) is 12.1 Å². The molecule has 4 atom stereocenters. The Kier molecular flexibility index (Phi) is 2.50. The third-order valence-corrected chi connectivity index (χ3v) is 5.13. The van der Waals surface area contributed by atoms with Crippen LogP contribution in [0.25, 0.3) is 0 Å². The second-order valence-electron chi connectivity index (χ2n) is 6.07. The SMILES string of the molecule is CC1C2CNCC2CN1C1COc2cc(O)ccc21. The summed E-state index contributed by atoms with van der Waals surface area (Å²) in [6, 6.07) is 6.48. The Morgan fingerprint density at radius 1 is 1.37 bits per heavy atom. The van der Waals surface area contributed by atoms with E-state index in [1.807, 2.05) is 6.07 Å². The molecule has 2 N–H and O–H groups in total. The maximum Gasteiger partial charge on any atom is 0.127 e. The minimum Gasteiger partial charge on any atom is -0.508 e. The Morgan fingerprint density at radius 3 is 3.11 bits per heavy atom. The third kappa shape index (κ3) is 1.66. The van der Waals surface area contributed by atoms with E-state index in [1.165, 1.54) is 5.56 Å². The second-order valence-corrected chi connectivity index (χ2v) is 6.07. The van der Waals surface area contributed by atoms with E-state index in [9.17, 15) is 5.11 Å². The molecule has 19 heavy (non-hydrogen) atoms. The number of phenolic OH excluding ortho intramolecular Hbond substituents is 1. The molecule has 1 aromatic rings. The predicted molar refractivity (Wildman–Crippen MR) is 72.4 cm³/mol. The standard InChI is InChI=1S/C15H20N2O2/c1-9-13-6-16-5-10(13)7-17(9)14-8-19-15-4-11(18)2-3-12(14)15/h2-4,9-10,13-14,16,18H,5-8H2,1H3. The van der Waals surface area contributed by atoms with Crippen molar-refractivity contribution in [2.45, 2.75) is 19.0 Å². The molecule has 0 aliphatic carbocycles. The lowest BCUT2D eigenvalue weighted by Crippen LogP contribution is -2.37. The first-order valence-corrected chi connectivity index (χ1v) is 7.16. The van der Waals surface area contributed by atoms with Gasteiger partial charge in [-0.3, -0.25) is 4.90 Å². The fourth-order valence-corrected chi connectivity index (χ4v) is 4.07. The van der Waals surface area contributed by atoms with Crippen LogP contribution in [0.4, 0.5) is 0 Å². The summed E-state index contributed by atoms with van der Waals surface area (Å²) in [4.78, 5) is 2.60. The normalized spacial score (nSPS) is 37.1. The minimum atomic E-state index is 0.287. The maximum absolute atomic E-state index is 9.53. The first kappa shape index (κ1) is 11.6. The maximum atomic E-state index is 9.53. The summed E-state index contributed by atoms with van der Waals surface area (Å²) in [5.41, 5.74) is 1.23. The number of fused-ring (bicyclic) bond motifs is 2. The molecular formula is C15H20N2O2. The first-order valence-electron chi connectivity index (χ1n) is 7.16. The van der Waals surface area contributed by atoms with Crippen LogP contribution in [0.5, 0.6) is 11.5 Å². The van der Waals surface area contributed by atoms with Crippen LogP contribution in [-0.4, -0.2) is 42.3 Å². The fourth-order valence-electron chi connectivity index (χ4n) is 4.07. The summed E-state index contributed by atoms with van der Waals surface area (Å²) in [7, 11) is 0. The van der Waals surface area contributed by atoms with Gasteiger partial charge in [-0.25, -0.2) is 0 Å². The van der Waals surface area contributed by atoms with Gasteiger partial charge in [0.2, 0.25) is 0 Å². The number of benzene rings is 1. The van der Waals surface area contributed by atoms with Gasteiger partial charge in [-0.05, 0) is 44.0 Å². The van der Waals surface area contributed by atoms with Gasteiger partial charge < -0.3 is 15.2 Å². The van der Waals surface area contributed by atoms with Crippen LogP contribution in [0.15, 0.2) is 18.2 Å². The average Bonchev–Trinajstić information content (AvgIpc) is 3.05. The number of hydrogen-bond donors (Lipinski definition) is 2. The summed E-state index contributed by atoms with van der Waals surface area (Å²) < 4.78 is 5.76. The van der Waals surface area contributed by atoms with E-state index < -0.39 is 0 Å².